The van der Waals surface area contributed by atoms with Crippen LogP contribution in [0.1, 0.15) is 24.6 Å². The molecule has 2 rings (SSSR count). The van der Waals surface area contributed by atoms with Gasteiger partial charge >= 0.3 is 0 Å². The van der Waals surface area contributed by atoms with Crippen molar-refractivity contribution in [2.24, 2.45) is 0 Å². The third kappa shape index (κ3) is 4.78. The first-order valence-corrected chi connectivity index (χ1v) is 7.65. The lowest BCUT2D eigenvalue weighted by Gasteiger charge is -2.04. The zero-order chi connectivity index (χ0) is 13.5. The fourth-order valence-electron chi connectivity index (χ4n) is 1.99. The monoisotopic (exact) mass is 275 g/mol. The molecule has 19 heavy (non-hydrogen) atoms. The van der Waals surface area contributed by atoms with Crippen LogP contribution in [-0.2, 0) is 6.54 Å². The summed E-state index contributed by atoms with van der Waals surface area (Å²) >= 11 is 1.80. The topological polar surface area (TPSA) is 32.3 Å². The van der Waals surface area contributed by atoms with E-state index in [0.717, 1.165) is 25.9 Å². The lowest BCUT2D eigenvalue weighted by molar-refractivity contribution is 0.181. The predicted octanol–water partition coefficient (Wildman–Crippen LogP) is 3.67. The summed E-state index contributed by atoms with van der Waals surface area (Å²) in [5, 5.41) is 14.8. The van der Waals surface area contributed by atoms with Crippen LogP contribution in [0, 0.1) is 0 Å². The summed E-state index contributed by atoms with van der Waals surface area (Å²) in [6.07, 6.45) is 1.70. The summed E-state index contributed by atoms with van der Waals surface area (Å²) in [6, 6.07) is 12.7. The van der Waals surface area contributed by atoms with E-state index in [0.29, 0.717) is 0 Å². The standard InChI is InChI=1S/C16H21NOS/c1-13(18)6-5-9-17-11-16-10-15(12-19-16)14-7-3-2-4-8-14/h2-4,7-8,10,12-13,17-18H,5-6,9,11H2,1H3. The Kier molecular flexibility index (Phi) is 5.58. The first kappa shape index (κ1) is 14.3. The number of hydrogen-bond acceptors (Lipinski definition) is 3. The molecule has 3 heteroatoms. The highest BCUT2D eigenvalue weighted by Gasteiger charge is 2.02. The highest BCUT2D eigenvalue weighted by Crippen LogP contribution is 2.25. The summed E-state index contributed by atoms with van der Waals surface area (Å²) in [5.41, 5.74) is 2.57. The quantitative estimate of drug-likeness (QED) is 0.756. The number of hydrogen-bond donors (Lipinski definition) is 2. The van der Waals surface area contributed by atoms with Crippen LogP contribution in [0.25, 0.3) is 11.1 Å². The van der Waals surface area contributed by atoms with Gasteiger partial charge in [0.05, 0.1) is 6.10 Å². The molecule has 2 N–H and O–H groups in total. The summed E-state index contributed by atoms with van der Waals surface area (Å²) < 4.78 is 0. The molecule has 0 aliphatic heterocycles. The van der Waals surface area contributed by atoms with Crippen molar-refractivity contribution in [2.45, 2.75) is 32.4 Å². The molecule has 1 aromatic carbocycles. The van der Waals surface area contributed by atoms with E-state index in [2.05, 4.69) is 41.0 Å². The van der Waals surface area contributed by atoms with Gasteiger partial charge in [-0.05, 0) is 48.9 Å². The number of thiophene rings is 1. The van der Waals surface area contributed by atoms with Crippen LogP contribution in [0.3, 0.4) is 0 Å². The van der Waals surface area contributed by atoms with Crippen molar-refractivity contribution in [3.05, 3.63) is 46.7 Å². The maximum atomic E-state index is 9.17. The molecule has 0 fully saturated rings. The molecule has 1 atom stereocenters. The molecule has 0 saturated carbocycles. The Labute approximate surface area is 119 Å². The van der Waals surface area contributed by atoms with E-state index < -0.39 is 0 Å². The van der Waals surface area contributed by atoms with E-state index in [9.17, 15) is 5.11 Å². The second kappa shape index (κ2) is 7.43. The second-order valence-electron chi connectivity index (χ2n) is 4.84. The smallest absolute Gasteiger partial charge is 0.0512 e. The van der Waals surface area contributed by atoms with Gasteiger partial charge in [0.1, 0.15) is 0 Å². The third-order valence-electron chi connectivity index (χ3n) is 3.04. The van der Waals surface area contributed by atoms with Crippen LogP contribution in [0.5, 0.6) is 0 Å². The van der Waals surface area contributed by atoms with Gasteiger partial charge in [0.15, 0.2) is 0 Å². The van der Waals surface area contributed by atoms with Gasteiger partial charge in [-0.25, -0.2) is 0 Å². The molecule has 0 aliphatic rings. The number of aliphatic hydroxyl groups excluding tert-OH is 1. The summed E-state index contributed by atoms with van der Waals surface area (Å²) in [5.74, 6) is 0. The van der Waals surface area contributed by atoms with Crippen LogP contribution in [-0.4, -0.2) is 17.8 Å². The van der Waals surface area contributed by atoms with Crippen molar-refractivity contribution >= 4 is 11.3 Å². The number of nitrogens with one attached hydrogen (secondary N) is 1. The molecule has 0 radical (unpaired) electrons. The number of rotatable bonds is 7. The van der Waals surface area contributed by atoms with E-state index in [-0.39, 0.29) is 6.10 Å². The highest BCUT2D eigenvalue weighted by atomic mass is 32.1. The van der Waals surface area contributed by atoms with Gasteiger partial charge in [-0.1, -0.05) is 30.3 Å². The minimum atomic E-state index is -0.187. The zero-order valence-corrected chi connectivity index (χ0v) is 12.1. The molecule has 0 saturated heterocycles. The van der Waals surface area contributed by atoms with Crippen LogP contribution in [0.4, 0.5) is 0 Å². The van der Waals surface area contributed by atoms with Crippen molar-refractivity contribution in [1.82, 2.24) is 5.32 Å². The Morgan fingerprint density at radius 1 is 1.21 bits per heavy atom. The van der Waals surface area contributed by atoms with Gasteiger partial charge in [-0.15, -0.1) is 11.3 Å². The van der Waals surface area contributed by atoms with Crippen molar-refractivity contribution in [1.29, 1.82) is 0 Å². The van der Waals surface area contributed by atoms with Gasteiger partial charge in [0.2, 0.25) is 0 Å². The molecule has 0 aliphatic carbocycles. The van der Waals surface area contributed by atoms with E-state index >= 15 is 0 Å². The number of benzene rings is 1. The Balaban J connectivity index is 1.78. The number of aliphatic hydroxyl groups is 1. The average Bonchev–Trinajstić information content (AvgIpc) is 2.88. The van der Waals surface area contributed by atoms with Crippen LogP contribution < -0.4 is 5.32 Å². The normalized spacial score (nSPS) is 12.5. The first-order chi connectivity index (χ1) is 9.25. The lowest BCUT2D eigenvalue weighted by Crippen LogP contribution is -2.15. The molecule has 102 valence electrons. The maximum absolute atomic E-state index is 9.17. The molecule has 2 aromatic rings. The molecular formula is C16H21NOS. The molecule has 2 nitrogen and oxygen atoms in total. The van der Waals surface area contributed by atoms with Gasteiger partial charge in [0.25, 0.3) is 0 Å². The van der Waals surface area contributed by atoms with Gasteiger partial charge in [0, 0.05) is 11.4 Å². The second-order valence-corrected chi connectivity index (χ2v) is 5.83. The van der Waals surface area contributed by atoms with Crippen LogP contribution in [0.2, 0.25) is 0 Å². The highest BCUT2D eigenvalue weighted by molar-refractivity contribution is 7.10. The maximum Gasteiger partial charge on any atom is 0.0512 e. The summed E-state index contributed by atoms with van der Waals surface area (Å²) in [4.78, 5) is 1.36. The molecule has 0 spiro atoms. The third-order valence-corrected chi connectivity index (χ3v) is 3.97. The Morgan fingerprint density at radius 3 is 2.74 bits per heavy atom. The average molecular weight is 275 g/mol. The van der Waals surface area contributed by atoms with Crippen molar-refractivity contribution in [3.8, 4) is 11.1 Å². The van der Waals surface area contributed by atoms with Crippen molar-refractivity contribution in [2.75, 3.05) is 6.54 Å². The molecule has 0 amide bonds. The zero-order valence-electron chi connectivity index (χ0n) is 11.3. The summed E-state index contributed by atoms with van der Waals surface area (Å²) in [7, 11) is 0. The predicted molar refractivity (Wildman–Crippen MR) is 82.4 cm³/mol. The molecule has 1 heterocycles. The Bertz CT molecular complexity index is 479. The van der Waals surface area contributed by atoms with E-state index in [4.69, 9.17) is 0 Å². The van der Waals surface area contributed by atoms with E-state index in [1.54, 1.807) is 11.3 Å². The Morgan fingerprint density at radius 2 is 2.00 bits per heavy atom. The first-order valence-electron chi connectivity index (χ1n) is 6.77. The minimum absolute atomic E-state index is 0.187. The Hall–Kier alpha value is -1.16. The van der Waals surface area contributed by atoms with Crippen molar-refractivity contribution in [3.63, 3.8) is 0 Å². The fraction of sp³-hybridized carbons (Fsp3) is 0.375. The van der Waals surface area contributed by atoms with Gasteiger partial charge in [-0.2, -0.15) is 0 Å². The molecule has 1 aromatic heterocycles. The fourth-order valence-corrected chi connectivity index (χ4v) is 2.85. The van der Waals surface area contributed by atoms with Crippen LogP contribution in [0.15, 0.2) is 41.8 Å². The summed E-state index contributed by atoms with van der Waals surface area (Å²) in [6.45, 7) is 3.71. The molecule has 1 unspecified atom stereocenters. The van der Waals surface area contributed by atoms with Crippen LogP contribution >= 0.6 is 11.3 Å². The van der Waals surface area contributed by atoms with Gasteiger partial charge in [-0.3, -0.25) is 0 Å². The van der Waals surface area contributed by atoms with Gasteiger partial charge < -0.3 is 10.4 Å². The van der Waals surface area contributed by atoms with Crippen molar-refractivity contribution < 1.29 is 5.11 Å². The van der Waals surface area contributed by atoms with E-state index in [1.807, 2.05) is 13.0 Å². The largest absolute Gasteiger partial charge is 0.393 e. The lowest BCUT2D eigenvalue weighted by atomic mass is 10.1. The molecular weight excluding hydrogens is 254 g/mol. The van der Waals surface area contributed by atoms with E-state index in [1.165, 1.54) is 16.0 Å². The molecule has 0 bridgehead atoms. The minimum Gasteiger partial charge on any atom is -0.393 e. The SMILES string of the molecule is CC(O)CCCNCc1cc(-c2ccccc2)cs1.